The summed E-state index contributed by atoms with van der Waals surface area (Å²) in [6.45, 7) is 5.69. The summed E-state index contributed by atoms with van der Waals surface area (Å²) in [5, 5.41) is 9.33. The van der Waals surface area contributed by atoms with Gasteiger partial charge in [0, 0.05) is 25.7 Å². The highest BCUT2D eigenvalue weighted by molar-refractivity contribution is 5.91. The molecule has 0 spiro atoms. The molecule has 0 atom stereocenters. The number of nitrogens with zero attached hydrogens (tertiary/aromatic N) is 2. The van der Waals surface area contributed by atoms with E-state index in [0.29, 0.717) is 18.9 Å². The van der Waals surface area contributed by atoms with Crippen molar-refractivity contribution in [2.45, 2.75) is 32.1 Å². The Morgan fingerprint density at radius 2 is 1.77 bits per heavy atom. The molecule has 0 saturated heterocycles. The lowest BCUT2D eigenvalue weighted by atomic mass is 9.95. The van der Waals surface area contributed by atoms with Gasteiger partial charge in [0.15, 0.2) is 0 Å². The van der Waals surface area contributed by atoms with Gasteiger partial charge in [-0.3, -0.25) is 4.79 Å². The van der Waals surface area contributed by atoms with Crippen LogP contribution in [0, 0.1) is 12.7 Å². The highest BCUT2D eigenvalue weighted by Gasteiger charge is 2.50. The number of rotatable bonds is 8. The number of aromatic nitrogens is 2. The molecule has 3 N–H and O–H groups in total. The summed E-state index contributed by atoms with van der Waals surface area (Å²) in [6.07, 6.45) is 1.60. The Labute approximate surface area is 152 Å². The number of carbonyl (C=O) groups excluding carboxylic acids is 1. The van der Waals surface area contributed by atoms with E-state index in [4.69, 9.17) is 0 Å². The van der Waals surface area contributed by atoms with E-state index in [-0.39, 0.29) is 11.7 Å². The maximum Gasteiger partial charge on any atom is 0.230 e. The average Bonchev–Trinajstić information content (AvgIpc) is 3.41. The van der Waals surface area contributed by atoms with E-state index in [1.54, 1.807) is 12.1 Å². The molecule has 138 valence electrons. The predicted octanol–water partition coefficient (Wildman–Crippen LogP) is 2.62. The summed E-state index contributed by atoms with van der Waals surface area (Å²) in [4.78, 5) is 21.2. The summed E-state index contributed by atoms with van der Waals surface area (Å²) < 4.78 is 13.1. The van der Waals surface area contributed by atoms with Crippen molar-refractivity contribution in [1.82, 2.24) is 15.3 Å². The van der Waals surface area contributed by atoms with Gasteiger partial charge in [-0.2, -0.15) is 0 Å². The molecule has 1 saturated carbocycles. The number of aryl methyl sites for hydroxylation is 1. The monoisotopic (exact) mass is 357 g/mol. The van der Waals surface area contributed by atoms with E-state index in [2.05, 4.69) is 25.9 Å². The molecule has 0 radical (unpaired) electrons. The fourth-order valence-electron chi connectivity index (χ4n) is 3.01. The van der Waals surface area contributed by atoms with Gasteiger partial charge in [-0.1, -0.05) is 12.1 Å². The van der Waals surface area contributed by atoms with Crippen LogP contribution in [0.1, 0.15) is 31.2 Å². The van der Waals surface area contributed by atoms with E-state index in [0.717, 1.165) is 36.6 Å². The Morgan fingerprint density at radius 3 is 2.38 bits per heavy atom. The second kappa shape index (κ2) is 7.68. The highest BCUT2D eigenvalue weighted by Crippen LogP contribution is 2.48. The molecular weight excluding hydrogens is 333 g/mol. The maximum absolute atomic E-state index is 13.1. The first-order valence-electron chi connectivity index (χ1n) is 8.91. The standard InChI is InChI=1S/C19H24FN5O/c1-3-21-16-12-17(25-13(2)24-16)22-10-11-23-18(26)19(8-9-19)14-4-6-15(20)7-5-14/h4-7,12H,3,8-11H2,1-2H3,(H,23,26)(H2,21,22,24,25). The molecule has 1 fully saturated rings. The third-order valence-corrected chi connectivity index (χ3v) is 4.49. The minimum atomic E-state index is -0.489. The lowest BCUT2D eigenvalue weighted by molar-refractivity contribution is -0.123. The zero-order valence-electron chi connectivity index (χ0n) is 15.1. The lowest BCUT2D eigenvalue weighted by Gasteiger charge is -2.16. The van der Waals surface area contributed by atoms with Crippen molar-refractivity contribution in [2.75, 3.05) is 30.3 Å². The minimum Gasteiger partial charge on any atom is -0.370 e. The highest BCUT2D eigenvalue weighted by atomic mass is 19.1. The molecule has 1 aliphatic rings. The first kappa shape index (κ1) is 18.1. The number of hydrogen-bond donors (Lipinski definition) is 3. The number of amides is 1. The number of nitrogens with one attached hydrogen (secondary N) is 3. The largest absolute Gasteiger partial charge is 0.370 e. The molecule has 0 aliphatic heterocycles. The van der Waals surface area contributed by atoms with E-state index >= 15 is 0 Å². The molecule has 0 bridgehead atoms. The molecule has 1 aromatic heterocycles. The van der Waals surface area contributed by atoms with Gasteiger partial charge in [-0.25, -0.2) is 14.4 Å². The fraction of sp³-hybridized carbons (Fsp3) is 0.421. The zero-order valence-corrected chi connectivity index (χ0v) is 15.1. The van der Waals surface area contributed by atoms with Gasteiger partial charge in [-0.15, -0.1) is 0 Å². The van der Waals surface area contributed by atoms with Crippen molar-refractivity contribution >= 4 is 17.5 Å². The van der Waals surface area contributed by atoms with Crippen LogP contribution < -0.4 is 16.0 Å². The predicted molar refractivity (Wildman–Crippen MR) is 99.7 cm³/mol. The topological polar surface area (TPSA) is 78.9 Å². The molecule has 1 amide bonds. The normalized spacial score (nSPS) is 14.6. The van der Waals surface area contributed by atoms with Crippen molar-refractivity contribution in [3.63, 3.8) is 0 Å². The molecule has 1 heterocycles. The van der Waals surface area contributed by atoms with Crippen LogP contribution in [-0.4, -0.2) is 35.5 Å². The quantitative estimate of drug-likeness (QED) is 0.633. The lowest BCUT2D eigenvalue weighted by Crippen LogP contribution is -2.37. The zero-order chi connectivity index (χ0) is 18.6. The molecule has 2 aromatic rings. The molecule has 1 aliphatic carbocycles. The molecule has 6 nitrogen and oxygen atoms in total. The van der Waals surface area contributed by atoms with Crippen molar-refractivity contribution in [3.8, 4) is 0 Å². The molecule has 3 rings (SSSR count). The first-order chi connectivity index (χ1) is 12.5. The van der Waals surface area contributed by atoms with E-state index in [1.165, 1.54) is 12.1 Å². The summed E-state index contributed by atoms with van der Waals surface area (Å²) in [5.41, 5.74) is 0.392. The molecule has 1 aromatic carbocycles. The van der Waals surface area contributed by atoms with Crippen molar-refractivity contribution in [2.24, 2.45) is 0 Å². The average molecular weight is 357 g/mol. The van der Waals surface area contributed by atoms with Gasteiger partial charge >= 0.3 is 0 Å². The van der Waals surface area contributed by atoms with Crippen LogP contribution in [0.25, 0.3) is 0 Å². The van der Waals surface area contributed by atoms with Gasteiger partial charge in [0.2, 0.25) is 5.91 Å². The Morgan fingerprint density at radius 1 is 1.12 bits per heavy atom. The summed E-state index contributed by atoms with van der Waals surface area (Å²) in [7, 11) is 0. The number of carbonyl (C=O) groups is 1. The first-order valence-corrected chi connectivity index (χ1v) is 8.91. The van der Waals surface area contributed by atoms with Crippen LogP contribution in [0.2, 0.25) is 0 Å². The van der Waals surface area contributed by atoms with Gasteiger partial charge < -0.3 is 16.0 Å². The van der Waals surface area contributed by atoms with Gasteiger partial charge in [0.25, 0.3) is 0 Å². The Hall–Kier alpha value is -2.70. The molecular formula is C19H24FN5O. The van der Waals surface area contributed by atoms with E-state index < -0.39 is 5.41 Å². The number of hydrogen-bond acceptors (Lipinski definition) is 5. The van der Waals surface area contributed by atoms with Crippen molar-refractivity contribution in [3.05, 3.63) is 47.5 Å². The van der Waals surface area contributed by atoms with E-state index in [9.17, 15) is 9.18 Å². The maximum atomic E-state index is 13.1. The summed E-state index contributed by atoms with van der Waals surface area (Å²) in [5.74, 6) is 1.90. The second-order valence-electron chi connectivity index (χ2n) is 6.49. The summed E-state index contributed by atoms with van der Waals surface area (Å²) in [6, 6.07) is 8.06. The van der Waals surface area contributed by atoms with E-state index in [1.807, 2.05) is 19.9 Å². The Balaban J connectivity index is 1.51. The summed E-state index contributed by atoms with van der Waals surface area (Å²) >= 11 is 0. The molecule has 0 unspecified atom stereocenters. The third kappa shape index (κ3) is 4.09. The van der Waals surface area contributed by atoms with Crippen LogP contribution in [0.3, 0.4) is 0 Å². The number of anilines is 2. The van der Waals surface area contributed by atoms with Crippen molar-refractivity contribution < 1.29 is 9.18 Å². The number of halogens is 1. The van der Waals surface area contributed by atoms with Crippen LogP contribution in [0.5, 0.6) is 0 Å². The van der Waals surface area contributed by atoms with Crippen LogP contribution in [-0.2, 0) is 10.2 Å². The van der Waals surface area contributed by atoms with Gasteiger partial charge in [0.05, 0.1) is 5.41 Å². The fourth-order valence-corrected chi connectivity index (χ4v) is 3.01. The van der Waals surface area contributed by atoms with Crippen LogP contribution in [0.4, 0.5) is 16.0 Å². The molecule has 26 heavy (non-hydrogen) atoms. The van der Waals surface area contributed by atoms with Crippen LogP contribution in [0.15, 0.2) is 30.3 Å². The van der Waals surface area contributed by atoms with Crippen molar-refractivity contribution in [1.29, 1.82) is 0 Å². The van der Waals surface area contributed by atoms with Gasteiger partial charge in [-0.05, 0) is 44.4 Å². The van der Waals surface area contributed by atoms with Crippen LogP contribution >= 0.6 is 0 Å². The van der Waals surface area contributed by atoms with Gasteiger partial charge in [0.1, 0.15) is 23.3 Å². The number of benzene rings is 1. The SMILES string of the molecule is CCNc1cc(NCCNC(=O)C2(c3ccc(F)cc3)CC2)nc(C)n1. The second-order valence-corrected chi connectivity index (χ2v) is 6.49. The molecule has 7 heteroatoms. The minimum absolute atomic E-state index is 0.00175. The smallest absolute Gasteiger partial charge is 0.230 e. The Kier molecular flexibility index (Phi) is 5.35. The third-order valence-electron chi connectivity index (χ3n) is 4.49. The Bertz CT molecular complexity index is 774.